The second-order valence-corrected chi connectivity index (χ2v) is 14.0. The first-order valence-corrected chi connectivity index (χ1v) is 18.2. The van der Waals surface area contributed by atoms with Gasteiger partial charge in [0, 0.05) is 38.2 Å². The first-order chi connectivity index (χ1) is 26.3. The molecule has 0 N–H and O–H groups in total. The number of benzene rings is 9. The molecule has 11 aromatic rings. The normalized spacial score (nSPS) is 11.8. The minimum Gasteiger partial charge on any atom is -0.309 e. The van der Waals surface area contributed by atoms with Crippen LogP contribution in [0.4, 0.5) is 0 Å². The van der Waals surface area contributed by atoms with Crippen molar-refractivity contribution >= 4 is 65.0 Å². The van der Waals surface area contributed by atoms with Crippen molar-refractivity contribution in [2.24, 2.45) is 0 Å². The lowest BCUT2D eigenvalue weighted by Gasteiger charge is -2.15. The fraction of sp³-hybridized carbons (Fsp3) is 0. The topological polar surface area (TPSA) is 17.8 Å². The Labute approximate surface area is 306 Å². The van der Waals surface area contributed by atoms with E-state index in [1.807, 2.05) is 0 Å². The van der Waals surface area contributed by atoms with Crippen molar-refractivity contribution in [3.63, 3.8) is 0 Å². The SMILES string of the molecule is c1ccc(-c2nc3ccccc3c3c2ccc2c4ccccc4n(-c4cccc(-c5ccc6cc(-c7ccc8ccccc8c7)ccc6c5)c4)c23)cc1. The van der Waals surface area contributed by atoms with Crippen LogP contribution in [0.3, 0.4) is 0 Å². The summed E-state index contributed by atoms with van der Waals surface area (Å²) in [4.78, 5) is 5.24. The summed E-state index contributed by atoms with van der Waals surface area (Å²) in [5.41, 5.74) is 11.5. The summed E-state index contributed by atoms with van der Waals surface area (Å²) in [5, 5.41) is 11.0. The van der Waals surface area contributed by atoms with E-state index in [2.05, 4.69) is 199 Å². The minimum absolute atomic E-state index is 0.997. The second-order valence-electron chi connectivity index (χ2n) is 14.0. The van der Waals surface area contributed by atoms with Gasteiger partial charge >= 0.3 is 0 Å². The minimum atomic E-state index is 0.997. The first kappa shape index (κ1) is 29.7. The molecule has 0 spiro atoms. The van der Waals surface area contributed by atoms with Gasteiger partial charge in [-0.05, 0) is 86.3 Å². The Hall–Kier alpha value is -7.03. The number of hydrogen-bond acceptors (Lipinski definition) is 1. The second kappa shape index (κ2) is 11.8. The highest BCUT2D eigenvalue weighted by Gasteiger charge is 2.20. The number of rotatable bonds is 4. The highest BCUT2D eigenvalue weighted by Crippen LogP contribution is 2.42. The summed E-state index contributed by atoms with van der Waals surface area (Å²) in [6, 6.07) is 70.5. The summed E-state index contributed by atoms with van der Waals surface area (Å²) in [7, 11) is 0. The Balaban J connectivity index is 1.09. The first-order valence-electron chi connectivity index (χ1n) is 18.2. The summed E-state index contributed by atoms with van der Waals surface area (Å²) in [6.07, 6.45) is 0. The average molecular weight is 673 g/mol. The van der Waals surface area contributed by atoms with Crippen LogP contribution in [0.25, 0.3) is 104 Å². The zero-order valence-corrected chi connectivity index (χ0v) is 28.9. The molecule has 0 aliphatic rings. The molecule has 0 fully saturated rings. The molecule has 2 aromatic heterocycles. The van der Waals surface area contributed by atoms with Crippen molar-refractivity contribution < 1.29 is 0 Å². The predicted molar refractivity (Wildman–Crippen MR) is 225 cm³/mol. The van der Waals surface area contributed by atoms with Gasteiger partial charge < -0.3 is 4.57 Å². The van der Waals surface area contributed by atoms with Gasteiger partial charge in [0.05, 0.1) is 22.2 Å². The van der Waals surface area contributed by atoms with Crippen LogP contribution in [0.15, 0.2) is 194 Å². The van der Waals surface area contributed by atoms with Gasteiger partial charge in [0.25, 0.3) is 0 Å². The maximum atomic E-state index is 5.24. The average Bonchev–Trinajstić information content (AvgIpc) is 3.58. The number of nitrogens with zero attached hydrogens (tertiary/aromatic N) is 2. The van der Waals surface area contributed by atoms with Crippen molar-refractivity contribution in [3.8, 4) is 39.2 Å². The molecule has 0 bridgehead atoms. The molecule has 2 heterocycles. The summed E-state index contributed by atoms with van der Waals surface area (Å²) < 4.78 is 2.47. The van der Waals surface area contributed by atoms with E-state index in [0.29, 0.717) is 0 Å². The third kappa shape index (κ3) is 4.77. The summed E-state index contributed by atoms with van der Waals surface area (Å²) in [6.45, 7) is 0. The maximum absolute atomic E-state index is 5.24. The molecule has 0 unspecified atom stereocenters. The smallest absolute Gasteiger partial charge is 0.0788 e. The Morgan fingerprint density at radius 2 is 0.906 bits per heavy atom. The molecule has 0 aliphatic heterocycles. The monoisotopic (exact) mass is 672 g/mol. The van der Waals surface area contributed by atoms with E-state index in [-0.39, 0.29) is 0 Å². The van der Waals surface area contributed by atoms with Crippen LogP contribution >= 0.6 is 0 Å². The zero-order valence-electron chi connectivity index (χ0n) is 28.9. The molecule has 0 radical (unpaired) electrons. The summed E-state index contributed by atoms with van der Waals surface area (Å²) in [5.74, 6) is 0. The molecule has 53 heavy (non-hydrogen) atoms. The van der Waals surface area contributed by atoms with Gasteiger partial charge in [-0.3, -0.25) is 0 Å². The van der Waals surface area contributed by atoms with Crippen LogP contribution in [0, 0.1) is 0 Å². The largest absolute Gasteiger partial charge is 0.309 e. The van der Waals surface area contributed by atoms with Crippen LogP contribution in [0.1, 0.15) is 0 Å². The van der Waals surface area contributed by atoms with Crippen molar-refractivity contribution in [1.82, 2.24) is 9.55 Å². The van der Waals surface area contributed by atoms with E-state index in [1.165, 1.54) is 71.0 Å². The standard InChI is InChI=1S/C51H32N2/c1-2-12-34(13-3-1)50-46-28-27-44-43-17-7-9-20-48(43)53(51(44)49(46)45-18-6-8-19-47(45)52-50)42-16-10-15-36(32-42)37-23-24-41-31-40(26-25-39(41)30-37)38-22-21-33-11-4-5-14-35(33)29-38/h1-32H. The van der Waals surface area contributed by atoms with Crippen LogP contribution in [0.5, 0.6) is 0 Å². The van der Waals surface area contributed by atoms with Gasteiger partial charge in [-0.25, -0.2) is 4.98 Å². The Morgan fingerprint density at radius 3 is 1.68 bits per heavy atom. The van der Waals surface area contributed by atoms with Gasteiger partial charge in [-0.15, -0.1) is 0 Å². The number of hydrogen-bond donors (Lipinski definition) is 0. The fourth-order valence-corrected chi connectivity index (χ4v) is 8.37. The zero-order chi connectivity index (χ0) is 34.9. The van der Waals surface area contributed by atoms with Gasteiger partial charge in [-0.2, -0.15) is 0 Å². The maximum Gasteiger partial charge on any atom is 0.0788 e. The Kier molecular flexibility index (Phi) is 6.59. The molecule has 0 atom stereocenters. The molecule has 11 rings (SSSR count). The van der Waals surface area contributed by atoms with Gasteiger partial charge in [0.2, 0.25) is 0 Å². The Morgan fingerprint density at radius 1 is 0.340 bits per heavy atom. The van der Waals surface area contributed by atoms with E-state index in [1.54, 1.807) is 0 Å². The highest BCUT2D eigenvalue weighted by atomic mass is 15.0. The van der Waals surface area contributed by atoms with E-state index in [0.717, 1.165) is 33.2 Å². The number of para-hydroxylation sites is 2. The third-order valence-corrected chi connectivity index (χ3v) is 10.9. The third-order valence-electron chi connectivity index (χ3n) is 10.9. The molecular formula is C51H32N2. The molecule has 246 valence electrons. The molecule has 0 amide bonds. The van der Waals surface area contributed by atoms with Crippen molar-refractivity contribution in [1.29, 1.82) is 0 Å². The Bertz CT molecular complexity index is 3220. The number of fused-ring (bicyclic) bond motifs is 9. The lowest BCUT2D eigenvalue weighted by atomic mass is 9.96. The molecular weight excluding hydrogens is 641 g/mol. The molecule has 2 nitrogen and oxygen atoms in total. The lowest BCUT2D eigenvalue weighted by molar-refractivity contribution is 1.19. The van der Waals surface area contributed by atoms with Crippen LogP contribution in [-0.4, -0.2) is 9.55 Å². The van der Waals surface area contributed by atoms with E-state index in [9.17, 15) is 0 Å². The summed E-state index contributed by atoms with van der Waals surface area (Å²) >= 11 is 0. The molecule has 2 heteroatoms. The number of pyridine rings is 1. The molecule has 0 aliphatic carbocycles. The predicted octanol–water partition coefficient (Wildman–Crippen LogP) is 13.8. The van der Waals surface area contributed by atoms with Crippen LogP contribution in [-0.2, 0) is 0 Å². The van der Waals surface area contributed by atoms with Gasteiger partial charge in [-0.1, -0.05) is 152 Å². The molecule has 0 saturated carbocycles. The fourth-order valence-electron chi connectivity index (χ4n) is 8.37. The van der Waals surface area contributed by atoms with Gasteiger partial charge in [0.15, 0.2) is 0 Å². The quantitative estimate of drug-likeness (QED) is 0.170. The van der Waals surface area contributed by atoms with E-state index in [4.69, 9.17) is 4.98 Å². The molecule has 0 saturated heterocycles. The van der Waals surface area contributed by atoms with E-state index >= 15 is 0 Å². The van der Waals surface area contributed by atoms with Crippen LogP contribution < -0.4 is 0 Å². The highest BCUT2D eigenvalue weighted by molar-refractivity contribution is 6.27. The lowest BCUT2D eigenvalue weighted by Crippen LogP contribution is -1.97. The number of aromatic nitrogens is 2. The van der Waals surface area contributed by atoms with Crippen molar-refractivity contribution in [3.05, 3.63) is 194 Å². The van der Waals surface area contributed by atoms with Crippen LogP contribution in [0.2, 0.25) is 0 Å². The molecule has 9 aromatic carbocycles. The van der Waals surface area contributed by atoms with Crippen molar-refractivity contribution in [2.75, 3.05) is 0 Å². The van der Waals surface area contributed by atoms with Crippen molar-refractivity contribution in [2.45, 2.75) is 0 Å². The van der Waals surface area contributed by atoms with E-state index < -0.39 is 0 Å². The van der Waals surface area contributed by atoms with Gasteiger partial charge in [0.1, 0.15) is 0 Å².